The van der Waals surface area contributed by atoms with Gasteiger partial charge in [-0.3, -0.25) is 9.59 Å². The van der Waals surface area contributed by atoms with Crippen molar-refractivity contribution in [2.24, 2.45) is 0 Å². The predicted octanol–water partition coefficient (Wildman–Crippen LogP) is 3.57. The van der Waals surface area contributed by atoms with Gasteiger partial charge >= 0.3 is 0 Å². The minimum absolute atomic E-state index is 0.0367. The number of hydrogen-bond acceptors (Lipinski definition) is 8. The number of thioether (sulfide) groups is 2. The van der Waals surface area contributed by atoms with Crippen molar-refractivity contribution in [3.8, 4) is 23.0 Å². The topological polar surface area (TPSA) is 77.5 Å². The Balaban J connectivity index is 1.57. The fraction of sp³-hybridized carbons (Fsp3) is 0.417. The molecule has 2 aliphatic heterocycles. The van der Waals surface area contributed by atoms with E-state index >= 15 is 0 Å². The molecule has 0 radical (unpaired) electrons. The molecule has 2 amide bonds. The fourth-order valence-electron chi connectivity index (χ4n) is 4.19. The number of rotatable bonds is 9. The van der Waals surface area contributed by atoms with Crippen LogP contribution in [0.5, 0.6) is 23.0 Å². The number of hydrogen-bond donors (Lipinski definition) is 0. The first kappa shape index (κ1) is 24.4. The Morgan fingerprint density at radius 2 is 1.12 bits per heavy atom. The maximum absolute atomic E-state index is 12.8. The van der Waals surface area contributed by atoms with Gasteiger partial charge in [0.15, 0.2) is 0 Å². The van der Waals surface area contributed by atoms with E-state index in [1.807, 2.05) is 46.2 Å². The van der Waals surface area contributed by atoms with Crippen LogP contribution in [0.1, 0.15) is 21.9 Å². The number of nitrogens with zero attached hydrogens (tertiary/aromatic N) is 2. The molecule has 2 fully saturated rings. The van der Waals surface area contributed by atoms with E-state index in [4.69, 9.17) is 18.9 Å². The van der Waals surface area contributed by atoms with Gasteiger partial charge in [-0.1, -0.05) is 0 Å². The van der Waals surface area contributed by atoms with Crippen molar-refractivity contribution in [3.63, 3.8) is 0 Å². The van der Waals surface area contributed by atoms with E-state index < -0.39 is 0 Å². The standard InChI is InChI=1S/C24H28N2O6S2/c1-29-15-5-7-19(31-3)17(11-15)23-25(21(27)13-33-23)9-10-26-22(28)14-34-24(26)18-12-16(30-2)6-8-20(18)32-4/h5-8,11-12,23-24H,9-10,13-14H2,1-4H3/t23-,24+. The molecule has 0 unspecified atom stereocenters. The van der Waals surface area contributed by atoms with Crippen LogP contribution >= 0.6 is 23.5 Å². The number of ether oxygens (including phenoxy) is 4. The molecule has 2 saturated heterocycles. The summed E-state index contributed by atoms with van der Waals surface area (Å²) in [7, 11) is 6.45. The smallest absolute Gasteiger partial charge is 0.233 e. The van der Waals surface area contributed by atoms with Gasteiger partial charge in [0.05, 0.1) is 39.9 Å². The van der Waals surface area contributed by atoms with Gasteiger partial charge in [-0.2, -0.15) is 0 Å². The van der Waals surface area contributed by atoms with Crippen LogP contribution in [0.4, 0.5) is 0 Å². The third-order valence-electron chi connectivity index (χ3n) is 5.92. The van der Waals surface area contributed by atoms with E-state index in [9.17, 15) is 9.59 Å². The highest BCUT2D eigenvalue weighted by Gasteiger charge is 2.38. The van der Waals surface area contributed by atoms with Gasteiger partial charge in [0.1, 0.15) is 33.7 Å². The zero-order valence-corrected chi connectivity index (χ0v) is 21.2. The van der Waals surface area contributed by atoms with Crippen LogP contribution in [0, 0.1) is 0 Å². The maximum atomic E-state index is 12.8. The van der Waals surface area contributed by atoms with Gasteiger partial charge < -0.3 is 28.7 Å². The zero-order valence-electron chi connectivity index (χ0n) is 19.6. The molecule has 0 aromatic heterocycles. The third-order valence-corrected chi connectivity index (χ3v) is 8.40. The Morgan fingerprint density at radius 1 is 0.706 bits per heavy atom. The van der Waals surface area contributed by atoms with Gasteiger partial charge in [-0.05, 0) is 36.4 Å². The summed E-state index contributed by atoms with van der Waals surface area (Å²) in [6.45, 7) is 0.817. The van der Waals surface area contributed by atoms with Gasteiger partial charge in [0.25, 0.3) is 0 Å². The predicted molar refractivity (Wildman–Crippen MR) is 133 cm³/mol. The van der Waals surface area contributed by atoms with Gasteiger partial charge in [0, 0.05) is 24.2 Å². The summed E-state index contributed by atoms with van der Waals surface area (Å²) in [4.78, 5) is 29.3. The van der Waals surface area contributed by atoms with E-state index in [1.165, 1.54) is 0 Å². The average molecular weight is 505 g/mol. The van der Waals surface area contributed by atoms with Crippen LogP contribution in [0.2, 0.25) is 0 Å². The first-order valence-electron chi connectivity index (χ1n) is 10.8. The second-order valence-electron chi connectivity index (χ2n) is 7.72. The first-order valence-corrected chi connectivity index (χ1v) is 12.9. The molecule has 2 aliphatic rings. The lowest BCUT2D eigenvalue weighted by atomic mass is 10.1. The molecule has 0 spiro atoms. The number of methoxy groups -OCH3 is 4. The van der Waals surface area contributed by atoms with Gasteiger partial charge in [-0.15, -0.1) is 23.5 Å². The average Bonchev–Trinajstić information content (AvgIpc) is 3.43. The molecule has 10 heteroatoms. The largest absolute Gasteiger partial charge is 0.497 e. The summed E-state index contributed by atoms with van der Waals surface area (Å²) < 4.78 is 21.9. The maximum Gasteiger partial charge on any atom is 0.233 e. The summed E-state index contributed by atoms with van der Waals surface area (Å²) in [5.74, 6) is 3.62. The van der Waals surface area contributed by atoms with Crippen LogP contribution < -0.4 is 18.9 Å². The summed E-state index contributed by atoms with van der Waals surface area (Å²) in [6, 6.07) is 11.2. The summed E-state index contributed by atoms with van der Waals surface area (Å²) in [5.41, 5.74) is 1.76. The molecule has 2 aromatic carbocycles. The van der Waals surface area contributed by atoms with Crippen LogP contribution in [0.15, 0.2) is 36.4 Å². The second-order valence-corrected chi connectivity index (χ2v) is 9.85. The lowest BCUT2D eigenvalue weighted by Crippen LogP contribution is -2.39. The molecule has 2 heterocycles. The fourth-order valence-corrected chi connectivity index (χ4v) is 6.65. The Labute approximate surface area is 207 Å². The summed E-state index contributed by atoms with van der Waals surface area (Å²) >= 11 is 3.10. The third kappa shape index (κ3) is 4.74. The van der Waals surface area contributed by atoms with E-state index in [-0.39, 0.29) is 22.6 Å². The number of carbonyl (C=O) groups excluding carboxylic acids is 2. The van der Waals surface area contributed by atoms with Crippen molar-refractivity contribution in [3.05, 3.63) is 47.5 Å². The van der Waals surface area contributed by atoms with Crippen molar-refractivity contribution in [2.45, 2.75) is 10.7 Å². The summed E-state index contributed by atoms with van der Waals surface area (Å²) in [6.07, 6.45) is 0. The molecule has 0 N–H and O–H groups in total. The molecule has 0 aliphatic carbocycles. The van der Waals surface area contributed by atoms with E-state index in [0.717, 1.165) is 11.1 Å². The first-order chi connectivity index (χ1) is 16.5. The number of benzene rings is 2. The molecular formula is C24H28N2O6S2. The highest BCUT2D eigenvalue weighted by atomic mass is 32.2. The van der Waals surface area contributed by atoms with E-state index in [2.05, 4.69) is 0 Å². The SMILES string of the molecule is COc1ccc(OC)c([C@H]2SCC(=O)N2CCN2C(=O)CS[C@H]2c2cc(OC)ccc2OC)c1. The van der Waals surface area contributed by atoms with E-state index in [0.29, 0.717) is 47.6 Å². The molecule has 4 rings (SSSR count). The molecule has 34 heavy (non-hydrogen) atoms. The van der Waals surface area contributed by atoms with Crippen LogP contribution in [0.3, 0.4) is 0 Å². The monoisotopic (exact) mass is 504 g/mol. The van der Waals surface area contributed by atoms with Gasteiger partial charge in [-0.25, -0.2) is 0 Å². The Bertz CT molecular complexity index is 982. The minimum atomic E-state index is -0.215. The van der Waals surface area contributed by atoms with Gasteiger partial charge in [0.2, 0.25) is 11.8 Å². The Hall–Kier alpha value is -2.72. The Morgan fingerprint density at radius 3 is 1.47 bits per heavy atom. The molecule has 0 saturated carbocycles. The van der Waals surface area contributed by atoms with Crippen LogP contribution in [-0.2, 0) is 9.59 Å². The highest BCUT2D eigenvalue weighted by molar-refractivity contribution is 8.00. The highest BCUT2D eigenvalue weighted by Crippen LogP contribution is 2.46. The quantitative estimate of drug-likeness (QED) is 0.513. The molecule has 182 valence electrons. The van der Waals surface area contributed by atoms with Crippen molar-refractivity contribution in [1.29, 1.82) is 0 Å². The van der Waals surface area contributed by atoms with Crippen molar-refractivity contribution in [2.75, 3.05) is 53.0 Å². The second kappa shape index (κ2) is 10.7. The lowest BCUT2D eigenvalue weighted by molar-refractivity contribution is -0.132. The van der Waals surface area contributed by atoms with Crippen LogP contribution in [-0.4, -0.2) is 74.6 Å². The molecule has 2 aromatic rings. The molecular weight excluding hydrogens is 476 g/mol. The summed E-state index contributed by atoms with van der Waals surface area (Å²) in [5, 5.41) is -0.430. The molecule has 2 atom stereocenters. The Kier molecular flexibility index (Phi) is 7.67. The lowest BCUT2D eigenvalue weighted by Gasteiger charge is -2.30. The van der Waals surface area contributed by atoms with Crippen molar-refractivity contribution >= 4 is 35.3 Å². The van der Waals surface area contributed by atoms with Crippen molar-refractivity contribution in [1.82, 2.24) is 9.80 Å². The minimum Gasteiger partial charge on any atom is -0.497 e. The zero-order chi connectivity index (χ0) is 24.2. The van der Waals surface area contributed by atoms with Crippen molar-refractivity contribution < 1.29 is 28.5 Å². The number of carbonyl (C=O) groups is 2. The number of amides is 2. The van der Waals surface area contributed by atoms with Crippen LogP contribution in [0.25, 0.3) is 0 Å². The molecule has 8 nitrogen and oxygen atoms in total. The van der Waals surface area contributed by atoms with E-state index in [1.54, 1.807) is 52.0 Å². The molecule has 0 bridgehead atoms. The normalized spacial score (nSPS) is 20.1.